The molecule has 0 aromatic heterocycles. The van der Waals surface area contributed by atoms with Crippen molar-refractivity contribution in [3.63, 3.8) is 0 Å². The molecule has 0 saturated carbocycles. The summed E-state index contributed by atoms with van der Waals surface area (Å²) in [6.45, 7) is 8.65. The van der Waals surface area contributed by atoms with Crippen molar-refractivity contribution in [3.8, 4) is 0 Å². The summed E-state index contributed by atoms with van der Waals surface area (Å²) in [6, 6.07) is 7.52. The smallest absolute Gasteiger partial charge is 0.187 e. The number of benzene rings is 1. The first-order valence-corrected chi connectivity index (χ1v) is 2.77. The molecule has 1 aromatic carbocycles. The van der Waals surface area contributed by atoms with E-state index in [1.807, 2.05) is 31.2 Å². The average Bonchev–Trinajstić information content (AvgIpc) is 1.90. The van der Waals surface area contributed by atoms with Crippen molar-refractivity contribution in [2.24, 2.45) is 0 Å². The lowest BCUT2D eigenvalue weighted by Crippen LogP contribution is -1.65. The molecule has 0 heterocycles. The van der Waals surface area contributed by atoms with Gasteiger partial charge in [-0.1, -0.05) is 29.8 Å². The molecule has 0 saturated heterocycles. The molecule has 1 aromatic rings. The highest BCUT2D eigenvalue weighted by Crippen LogP contribution is 2.10. The van der Waals surface area contributed by atoms with Crippen molar-refractivity contribution in [1.29, 1.82) is 0 Å². The summed E-state index contributed by atoms with van der Waals surface area (Å²) in [5.74, 6) is 0. The third kappa shape index (κ3) is 1.30. The molecule has 0 spiro atoms. The normalized spacial score (nSPS) is 8.44. The van der Waals surface area contributed by atoms with Crippen molar-refractivity contribution in [2.75, 3.05) is 0 Å². The summed E-state index contributed by atoms with van der Waals surface area (Å²) in [5, 5.41) is 0. The van der Waals surface area contributed by atoms with Crippen LogP contribution in [0.5, 0.6) is 0 Å². The van der Waals surface area contributed by atoms with Gasteiger partial charge in [0.1, 0.15) is 0 Å². The second-order valence-corrected chi connectivity index (χ2v) is 1.95. The van der Waals surface area contributed by atoms with Crippen LogP contribution in [-0.2, 0) is 0 Å². The van der Waals surface area contributed by atoms with Crippen LogP contribution >= 0.6 is 0 Å². The minimum Gasteiger partial charge on any atom is -0.238 e. The second kappa shape index (κ2) is 2.32. The highest BCUT2D eigenvalue weighted by Gasteiger charge is 1.85. The Kier molecular flexibility index (Phi) is 1.51. The van der Waals surface area contributed by atoms with Gasteiger partial charge in [0.25, 0.3) is 0 Å². The molecule has 0 aliphatic heterocycles. The van der Waals surface area contributed by atoms with Gasteiger partial charge in [-0.25, -0.2) is 4.85 Å². The molecule has 0 aliphatic rings. The number of rotatable bonds is 0. The molecule has 0 bridgehead atoms. The van der Waals surface area contributed by atoms with E-state index in [-0.39, 0.29) is 0 Å². The lowest BCUT2D eigenvalue weighted by atomic mass is 10.2. The molecule has 0 radical (unpaired) electrons. The zero-order valence-corrected chi connectivity index (χ0v) is 5.26. The molecule has 44 valence electrons. The molecule has 0 unspecified atom stereocenters. The third-order valence-corrected chi connectivity index (χ3v) is 1.16. The first-order chi connectivity index (χ1) is 4.33. The zero-order chi connectivity index (χ0) is 6.69. The van der Waals surface area contributed by atoms with Crippen LogP contribution in [0.1, 0.15) is 5.56 Å². The van der Waals surface area contributed by atoms with Crippen LogP contribution in [0.15, 0.2) is 24.3 Å². The standard InChI is InChI=1S/C8H7N/c1-7-3-5-8(9-2)6-4-7/h3-6H,1H3. The van der Waals surface area contributed by atoms with E-state index in [0.717, 1.165) is 0 Å². The van der Waals surface area contributed by atoms with E-state index in [9.17, 15) is 0 Å². The Labute approximate surface area is 54.8 Å². The van der Waals surface area contributed by atoms with E-state index >= 15 is 0 Å². The van der Waals surface area contributed by atoms with E-state index < -0.39 is 0 Å². The number of nitrogens with zero attached hydrogens (tertiary/aromatic N) is 1. The van der Waals surface area contributed by atoms with Crippen LogP contribution < -0.4 is 0 Å². The van der Waals surface area contributed by atoms with Crippen molar-refractivity contribution in [2.45, 2.75) is 6.92 Å². The first kappa shape index (κ1) is 5.84. The fourth-order valence-electron chi connectivity index (χ4n) is 0.619. The summed E-state index contributed by atoms with van der Waals surface area (Å²) >= 11 is 0. The van der Waals surface area contributed by atoms with E-state index in [0.29, 0.717) is 5.69 Å². The van der Waals surface area contributed by atoms with Gasteiger partial charge in [-0.15, -0.1) is 0 Å². The lowest BCUT2D eigenvalue weighted by Gasteiger charge is -1.88. The van der Waals surface area contributed by atoms with Crippen LogP contribution in [0, 0.1) is 13.5 Å². The first-order valence-electron chi connectivity index (χ1n) is 2.77. The van der Waals surface area contributed by atoms with Gasteiger partial charge in [0, 0.05) is 0 Å². The van der Waals surface area contributed by atoms with E-state index in [1.165, 1.54) is 5.56 Å². The van der Waals surface area contributed by atoms with Gasteiger partial charge < -0.3 is 0 Å². The summed E-state index contributed by atoms with van der Waals surface area (Å²) in [6.07, 6.45) is 0. The van der Waals surface area contributed by atoms with Crippen LogP contribution in [0.2, 0.25) is 0 Å². The van der Waals surface area contributed by atoms with Crippen molar-refractivity contribution in [3.05, 3.63) is 41.2 Å². The highest BCUT2D eigenvalue weighted by molar-refractivity contribution is 5.44. The Morgan fingerprint density at radius 2 is 1.78 bits per heavy atom. The molecule has 9 heavy (non-hydrogen) atoms. The van der Waals surface area contributed by atoms with Gasteiger partial charge in [0.05, 0.1) is 6.57 Å². The Hall–Kier alpha value is -1.29. The van der Waals surface area contributed by atoms with E-state index in [4.69, 9.17) is 6.57 Å². The maximum atomic E-state index is 6.64. The molecule has 1 heteroatoms. The topological polar surface area (TPSA) is 4.36 Å². The Morgan fingerprint density at radius 1 is 1.22 bits per heavy atom. The van der Waals surface area contributed by atoms with Crippen LogP contribution in [-0.4, -0.2) is 0 Å². The molecule has 0 aliphatic carbocycles. The quantitative estimate of drug-likeness (QED) is 0.460. The summed E-state index contributed by atoms with van der Waals surface area (Å²) in [5.41, 5.74) is 1.91. The van der Waals surface area contributed by atoms with Crippen LogP contribution in [0.25, 0.3) is 4.85 Å². The van der Waals surface area contributed by atoms with Crippen LogP contribution in [0.4, 0.5) is 5.69 Å². The van der Waals surface area contributed by atoms with Crippen molar-refractivity contribution < 1.29 is 0 Å². The monoisotopic (exact) mass is 117 g/mol. The van der Waals surface area contributed by atoms with Gasteiger partial charge >= 0.3 is 0 Å². The predicted octanol–water partition coefficient (Wildman–Crippen LogP) is 2.55. The fourth-order valence-corrected chi connectivity index (χ4v) is 0.619. The molecule has 0 fully saturated rings. The number of aryl methyl sites for hydroxylation is 1. The van der Waals surface area contributed by atoms with Crippen molar-refractivity contribution in [1.82, 2.24) is 0 Å². The predicted molar refractivity (Wildman–Crippen MR) is 37.4 cm³/mol. The van der Waals surface area contributed by atoms with Gasteiger partial charge in [-0.05, 0) is 6.92 Å². The Morgan fingerprint density at radius 3 is 2.22 bits per heavy atom. The molecule has 0 N–H and O–H groups in total. The molecule has 0 atom stereocenters. The number of hydrogen-bond acceptors (Lipinski definition) is 0. The minimum atomic E-state index is 0.709. The molecular formula is C8H7N. The third-order valence-electron chi connectivity index (χ3n) is 1.16. The molecule has 0 amide bonds. The van der Waals surface area contributed by atoms with Crippen LogP contribution in [0.3, 0.4) is 0 Å². The average molecular weight is 117 g/mol. The largest absolute Gasteiger partial charge is 0.238 e. The number of hydrogen-bond donors (Lipinski definition) is 0. The summed E-state index contributed by atoms with van der Waals surface area (Å²) in [7, 11) is 0. The maximum Gasteiger partial charge on any atom is 0.187 e. The SMILES string of the molecule is [C-]#[N+]c1ccc(C)cc1. The Bertz CT molecular complexity index is 228. The minimum absolute atomic E-state index is 0.709. The summed E-state index contributed by atoms with van der Waals surface area (Å²) in [4.78, 5) is 3.26. The maximum absolute atomic E-state index is 6.64. The van der Waals surface area contributed by atoms with Gasteiger partial charge in [-0.2, -0.15) is 0 Å². The van der Waals surface area contributed by atoms with E-state index in [2.05, 4.69) is 4.85 Å². The Balaban J connectivity index is 3.06. The zero-order valence-electron chi connectivity index (χ0n) is 5.26. The van der Waals surface area contributed by atoms with Crippen molar-refractivity contribution >= 4 is 5.69 Å². The molecular weight excluding hydrogens is 110 g/mol. The fraction of sp³-hybridized carbons (Fsp3) is 0.125. The summed E-state index contributed by atoms with van der Waals surface area (Å²) < 4.78 is 0. The van der Waals surface area contributed by atoms with E-state index in [1.54, 1.807) is 0 Å². The molecule has 1 rings (SSSR count). The molecule has 1 nitrogen and oxygen atoms in total. The second-order valence-electron chi connectivity index (χ2n) is 1.95. The van der Waals surface area contributed by atoms with Gasteiger partial charge in [0.2, 0.25) is 0 Å². The lowest BCUT2D eigenvalue weighted by molar-refractivity contribution is 1.48. The van der Waals surface area contributed by atoms with Gasteiger partial charge in [-0.3, -0.25) is 0 Å². The highest BCUT2D eigenvalue weighted by atomic mass is 14.6. The van der Waals surface area contributed by atoms with Gasteiger partial charge in [0.15, 0.2) is 5.69 Å².